The highest BCUT2D eigenvalue weighted by Crippen LogP contribution is 2.27. The highest BCUT2D eigenvalue weighted by Gasteiger charge is 2.19. The number of amides is 1. The minimum absolute atomic E-state index is 0.0319. The van der Waals surface area contributed by atoms with E-state index in [4.69, 9.17) is 0 Å². The number of halogens is 1. The molecule has 1 saturated carbocycles. The molecular formula is C19H20FN5O. The molecule has 1 fully saturated rings. The summed E-state index contributed by atoms with van der Waals surface area (Å²) in [6.45, 7) is 1.42. The molecule has 6 nitrogen and oxygen atoms in total. The van der Waals surface area contributed by atoms with Crippen LogP contribution in [-0.4, -0.2) is 16.9 Å². The summed E-state index contributed by atoms with van der Waals surface area (Å²) in [5.41, 5.74) is 1.37. The van der Waals surface area contributed by atoms with Crippen LogP contribution in [0.25, 0.3) is 0 Å². The lowest BCUT2D eigenvalue weighted by atomic mass is 10.2. The van der Waals surface area contributed by atoms with E-state index >= 15 is 0 Å². The molecule has 1 aliphatic rings. The van der Waals surface area contributed by atoms with Gasteiger partial charge in [-0.1, -0.05) is 18.9 Å². The van der Waals surface area contributed by atoms with Crippen LogP contribution < -0.4 is 16.0 Å². The average Bonchev–Trinajstić information content (AvgIpc) is 3.10. The Morgan fingerprint density at radius 3 is 2.65 bits per heavy atom. The maximum Gasteiger partial charge on any atom is 0.221 e. The third-order valence-corrected chi connectivity index (χ3v) is 4.24. The van der Waals surface area contributed by atoms with Crippen LogP contribution in [0.2, 0.25) is 0 Å². The molecule has 1 aromatic heterocycles. The van der Waals surface area contributed by atoms with E-state index in [1.165, 1.54) is 13.0 Å². The van der Waals surface area contributed by atoms with Gasteiger partial charge in [-0.05, 0) is 37.1 Å². The van der Waals surface area contributed by atoms with Gasteiger partial charge in [0.2, 0.25) is 5.91 Å². The lowest BCUT2D eigenvalue weighted by Crippen LogP contribution is -2.17. The van der Waals surface area contributed by atoms with Gasteiger partial charge in [0, 0.05) is 24.3 Å². The second-order valence-corrected chi connectivity index (χ2v) is 6.34. The van der Waals surface area contributed by atoms with Crippen molar-refractivity contribution in [3.05, 3.63) is 41.7 Å². The van der Waals surface area contributed by atoms with Crippen LogP contribution in [0.15, 0.2) is 30.3 Å². The van der Waals surface area contributed by atoms with Crippen LogP contribution in [0.3, 0.4) is 0 Å². The molecule has 134 valence electrons. The van der Waals surface area contributed by atoms with Crippen molar-refractivity contribution in [2.24, 2.45) is 0 Å². The van der Waals surface area contributed by atoms with Gasteiger partial charge in [0.15, 0.2) is 11.6 Å². The predicted molar refractivity (Wildman–Crippen MR) is 98.8 cm³/mol. The van der Waals surface area contributed by atoms with Crippen LogP contribution in [0, 0.1) is 17.1 Å². The summed E-state index contributed by atoms with van der Waals surface area (Å²) in [5.74, 6) is -0.373. The van der Waals surface area contributed by atoms with Gasteiger partial charge in [-0.2, -0.15) is 5.26 Å². The van der Waals surface area contributed by atoms with E-state index in [0.717, 1.165) is 25.7 Å². The Morgan fingerprint density at radius 2 is 1.96 bits per heavy atom. The summed E-state index contributed by atoms with van der Waals surface area (Å²) >= 11 is 0. The Bertz CT molecular complexity index is 855. The number of anilines is 4. The average molecular weight is 353 g/mol. The quantitative estimate of drug-likeness (QED) is 0.751. The zero-order valence-corrected chi connectivity index (χ0v) is 14.5. The minimum atomic E-state index is -0.608. The molecule has 1 aromatic carbocycles. The summed E-state index contributed by atoms with van der Waals surface area (Å²) < 4.78 is 14.4. The molecule has 0 saturated heterocycles. The number of hydrogen-bond donors (Lipinski definition) is 3. The van der Waals surface area contributed by atoms with Gasteiger partial charge in [-0.3, -0.25) is 4.79 Å². The first-order valence-electron chi connectivity index (χ1n) is 8.57. The second kappa shape index (κ2) is 7.83. The lowest BCUT2D eigenvalue weighted by molar-refractivity contribution is -0.114. The molecule has 0 aliphatic heterocycles. The van der Waals surface area contributed by atoms with Crippen molar-refractivity contribution >= 4 is 28.9 Å². The zero-order valence-electron chi connectivity index (χ0n) is 14.5. The first-order valence-corrected chi connectivity index (χ1v) is 8.57. The standard InChI is InChI=1S/C19H20FN5O/c1-12(26)22-15-7-4-8-16(10-15)24-19-17(20)9-13(11-21)18(25-19)23-14-5-2-3-6-14/h4,7-10,14H,2-3,5-6H2,1H3,(H,22,26)(H2,23,24,25). The number of aromatic nitrogens is 1. The highest BCUT2D eigenvalue weighted by atomic mass is 19.1. The first-order chi connectivity index (χ1) is 12.5. The van der Waals surface area contributed by atoms with Crippen molar-refractivity contribution in [1.82, 2.24) is 4.98 Å². The molecule has 1 aliphatic carbocycles. The monoisotopic (exact) mass is 353 g/mol. The first kappa shape index (κ1) is 17.7. The topological polar surface area (TPSA) is 89.8 Å². The Balaban J connectivity index is 1.85. The fourth-order valence-electron chi connectivity index (χ4n) is 3.05. The Labute approximate surface area is 151 Å². The maximum absolute atomic E-state index is 14.4. The fourth-order valence-corrected chi connectivity index (χ4v) is 3.05. The molecule has 26 heavy (non-hydrogen) atoms. The molecule has 1 amide bonds. The Hall–Kier alpha value is -3.14. The third-order valence-electron chi connectivity index (χ3n) is 4.24. The van der Waals surface area contributed by atoms with Gasteiger partial charge in [0.05, 0.1) is 5.56 Å². The van der Waals surface area contributed by atoms with E-state index in [1.54, 1.807) is 24.3 Å². The minimum Gasteiger partial charge on any atom is -0.366 e. The van der Waals surface area contributed by atoms with Gasteiger partial charge >= 0.3 is 0 Å². The number of carbonyl (C=O) groups excluding carboxylic acids is 1. The van der Waals surface area contributed by atoms with E-state index in [9.17, 15) is 14.4 Å². The fraction of sp³-hybridized carbons (Fsp3) is 0.316. The van der Waals surface area contributed by atoms with Gasteiger partial charge in [0.1, 0.15) is 11.9 Å². The summed E-state index contributed by atoms with van der Waals surface area (Å²) in [6.07, 6.45) is 4.32. The third kappa shape index (κ3) is 4.28. The summed E-state index contributed by atoms with van der Waals surface area (Å²) in [5, 5.41) is 18.1. The van der Waals surface area contributed by atoms with E-state index in [0.29, 0.717) is 17.2 Å². The predicted octanol–water partition coefficient (Wildman–Crippen LogP) is 4.15. The van der Waals surface area contributed by atoms with Gasteiger partial charge in [-0.15, -0.1) is 0 Å². The highest BCUT2D eigenvalue weighted by molar-refractivity contribution is 5.89. The number of pyridine rings is 1. The smallest absolute Gasteiger partial charge is 0.221 e. The number of nitrogens with zero attached hydrogens (tertiary/aromatic N) is 2. The van der Waals surface area contributed by atoms with Crippen LogP contribution >= 0.6 is 0 Å². The molecule has 0 unspecified atom stereocenters. The second-order valence-electron chi connectivity index (χ2n) is 6.34. The van der Waals surface area contributed by atoms with Crippen molar-refractivity contribution in [3.63, 3.8) is 0 Å². The Morgan fingerprint density at radius 1 is 1.23 bits per heavy atom. The number of benzene rings is 1. The van der Waals surface area contributed by atoms with E-state index < -0.39 is 5.82 Å². The van der Waals surface area contributed by atoms with Crippen LogP contribution in [0.1, 0.15) is 38.2 Å². The molecule has 0 bridgehead atoms. The SMILES string of the molecule is CC(=O)Nc1cccc(Nc2nc(NC3CCCC3)c(C#N)cc2F)c1. The zero-order chi connectivity index (χ0) is 18.5. The van der Waals surface area contributed by atoms with Crippen LogP contribution in [0.4, 0.5) is 27.4 Å². The van der Waals surface area contributed by atoms with Gasteiger partial charge in [0.25, 0.3) is 0 Å². The van der Waals surface area contributed by atoms with Crippen molar-refractivity contribution in [1.29, 1.82) is 5.26 Å². The largest absolute Gasteiger partial charge is 0.366 e. The van der Waals surface area contributed by atoms with E-state index in [-0.39, 0.29) is 23.3 Å². The molecule has 7 heteroatoms. The van der Waals surface area contributed by atoms with Gasteiger partial charge in [-0.25, -0.2) is 9.37 Å². The van der Waals surface area contributed by atoms with Crippen molar-refractivity contribution in [2.75, 3.05) is 16.0 Å². The normalized spacial score (nSPS) is 13.9. The molecule has 0 atom stereocenters. The molecule has 3 rings (SSSR count). The summed E-state index contributed by atoms with van der Waals surface area (Å²) in [4.78, 5) is 15.5. The molecular weight excluding hydrogens is 333 g/mol. The van der Waals surface area contributed by atoms with Crippen molar-refractivity contribution in [3.8, 4) is 6.07 Å². The van der Waals surface area contributed by atoms with Crippen molar-refractivity contribution in [2.45, 2.75) is 38.6 Å². The number of nitriles is 1. The van der Waals surface area contributed by atoms with E-state index in [2.05, 4.69) is 20.9 Å². The molecule has 3 N–H and O–H groups in total. The van der Waals surface area contributed by atoms with Crippen LogP contribution in [0.5, 0.6) is 0 Å². The number of hydrogen-bond acceptors (Lipinski definition) is 5. The van der Waals surface area contributed by atoms with Gasteiger partial charge < -0.3 is 16.0 Å². The van der Waals surface area contributed by atoms with Crippen molar-refractivity contribution < 1.29 is 9.18 Å². The molecule has 0 spiro atoms. The summed E-state index contributed by atoms with van der Waals surface area (Å²) in [7, 11) is 0. The molecule has 1 heterocycles. The number of carbonyl (C=O) groups is 1. The number of rotatable bonds is 5. The maximum atomic E-state index is 14.4. The molecule has 0 radical (unpaired) electrons. The van der Waals surface area contributed by atoms with E-state index in [1.807, 2.05) is 6.07 Å². The van der Waals surface area contributed by atoms with Crippen LogP contribution in [-0.2, 0) is 4.79 Å². The lowest BCUT2D eigenvalue weighted by Gasteiger charge is -2.16. The summed E-state index contributed by atoms with van der Waals surface area (Å²) in [6, 6.07) is 10.3. The molecule has 2 aromatic rings. The Kier molecular flexibility index (Phi) is 5.32. The number of nitrogens with one attached hydrogen (secondary N) is 3.